The Hall–Kier alpha value is -4.31. The Morgan fingerprint density at radius 3 is 2.42 bits per heavy atom. The van der Waals surface area contributed by atoms with Gasteiger partial charge in [-0.25, -0.2) is 4.98 Å². The van der Waals surface area contributed by atoms with Crippen molar-refractivity contribution in [3.8, 4) is 17.1 Å². The van der Waals surface area contributed by atoms with Gasteiger partial charge in [0.1, 0.15) is 28.8 Å². The lowest BCUT2D eigenvalue weighted by atomic mass is 9.88. The topological polar surface area (TPSA) is 44.1 Å². The Morgan fingerprint density at radius 2 is 1.53 bits per heavy atom. The Kier molecular flexibility index (Phi) is 4.43. The molecule has 4 aromatic carbocycles. The van der Waals surface area contributed by atoms with Gasteiger partial charge in [0.15, 0.2) is 0 Å². The van der Waals surface area contributed by atoms with Crippen molar-refractivity contribution in [2.24, 2.45) is 5.41 Å². The zero-order chi connectivity index (χ0) is 24.4. The standard InChI is InChI=1S/C32H26N2O2/c1-32(2,3)18-20-12-14-24-25(19-35-29(24)16-20)31-33-26-9-5-6-10-27(26)34(31)21-13-15-23-22-8-4-7-11-28(22)36-30(23)17-21/h4-17,19H,18H2,1-3H3. The normalized spacial score (nSPS) is 12.4. The average Bonchev–Trinajstić information content (AvgIpc) is 3.54. The molecule has 176 valence electrons. The lowest BCUT2D eigenvalue weighted by Gasteiger charge is -2.17. The highest BCUT2D eigenvalue weighted by atomic mass is 16.3. The van der Waals surface area contributed by atoms with Crippen LogP contribution in [0.25, 0.3) is 61.0 Å². The fraction of sp³-hybridized carbons (Fsp3) is 0.156. The van der Waals surface area contributed by atoms with Crippen molar-refractivity contribution < 1.29 is 8.83 Å². The van der Waals surface area contributed by atoms with Crippen molar-refractivity contribution in [2.75, 3.05) is 0 Å². The SMILES string of the molecule is CC(C)(C)Cc1ccc2c(-c3nc4ccccc4n3-c3ccc4c(c3)oc3ccccc34)coc2c1. The molecule has 36 heavy (non-hydrogen) atoms. The van der Waals surface area contributed by atoms with E-state index in [1.54, 1.807) is 0 Å². The summed E-state index contributed by atoms with van der Waals surface area (Å²) in [4.78, 5) is 5.06. The molecule has 0 atom stereocenters. The zero-order valence-electron chi connectivity index (χ0n) is 20.6. The first-order valence-electron chi connectivity index (χ1n) is 12.3. The second-order valence-electron chi connectivity index (χ2n) is 10.8. The van der Waals surface area contributed by atoms with Crippen molar-refractivity contribution in [1.82, 2.24) is 9.55 Å². The minimum absolute atomic E-state index is 0.215. The molecule has 4 nitrogen and oxygen atoms in total. The van der Waals surface area contributed by atoms with E-state index in [0.717, 1.165) is 67.4 Å². The molecule has 0 aliphatic heterocycles. The molecule has 3 heterocycles. The number of hydrogen-bond acceptors (Lipinski definition) is 3. The summed E-state index contributed by atoms with van der Waals surface area (Å²) in [6.07, 6.45) is 2.83. The number of hydrogen-bond donors (Lipinski definition) is 0. The van der Waals surface area contributed by atoms with Gasteiger partial charge < -0.3 is 8.83 Å². The molecule has 0 radical (unpaired) electrons. The summed E-state index contributed by atoms with van der Waals surface area (Å²) >= 11 is 0. The van der Waals surface area contributed by atoms with Gasteiger partial charge in [0.05, 0.1) is 22.3 Å². The molecule has 0 unspecified atom stereocenters. The molecule has 7 rings (SSSR count). The van der Waals surface area contributed by atoms with Crippen LogP contribution in [0, 0.1) is 5.41 Å². The van der Waals surface area contributed by atoms with Crippen molar-refractivity contribution in [1.29, 1.82) is 0 Å². The van der Waals surface area contributed by atoms with Crippen molar-refractivity contribution in [3.05, 3.63) is 96.8 Å². The highest BCUT2D eigenvalue weighted by Gasteiger charge is 2.20. The van der Waals surface area contributed by atoms with Crippen LogP contribution in [0.2, 0.25) is 0 Å². The molecule has 0 aliphatic rings. The van der Waals surface area contributed by atoms with Gasteiger partial charge in [0.2, 0.25) is 0 Å². The number of rotatable bonds is 3. The van der Waals surface area contributed by atoms with E-state index in [-0.39, 0.29) is 5.41 Å². The maximum Gasteiger partial charge on any atom is 0.149 e. The van der Waals surface area contributed by atoms with Gasteiger partial charge in [-0.15, -0.1) is 0 Å². The third-order valence-corrected chi connectivity index (χ3v) is 6.80. The molecular weight excluding hydrogens is 444 g/mol. The monoisotopic (exact) mass is 470 g/mol. The Labute approximate surface area is 208 Å². The van der Waals surface area contributed by atoms with Gasteiger partial charge in [-0.2, -0.15) is 0 Å². The molecule has 0 spiro atoms. The number of imidazole rings is 1. The number of aromatic nitrogens is 2. The predicted molar refractivity (Wildman–Crippen MR) is 147 cm³/mol. The number of benzene rings is 4. The summed E-state index contributed by atoms with van der Waals surface area (Å²) in [6, 6.07) is 29.3. The molecule has 7 aromatic rings. The van der Waals surface area contributed by atoms with Gasteiger partial charge in [-0.1, -0.05) is 63.2 Å². The first-order chi connectivity index (χ1) is 17.4. The maximum absolute atomic E-state index is 6.20. The summed E-state index contributed by atoms with van der Waals surface area (Å²) in [5.41, 5.74) is 8.10. The molecule has 4 heteroatoms. The summed E-state index contributed by atoms with van der Waals surface area (Å²) in [5.74, 6) is 0.856. The van der Waals surface area contributed by atoms with Gasteiger partial charge in [-0.05, 0) is 53.8 Å². The van der Waals surface area contributed by atoms with Crippen LogP contribution in [0.15, 0.2) is 100 Å². The van der Waals surface area contributed by atoms with E-state index in [2.05, 4.69) is 86.0 Å². The number of furan rings is 2. The van der Waals surface area contributed by atoms with Crippen LogP contribution in [-0.4, -0.2) is 9.55 Å². The van der Waals surface area contributed by atoms with Gasteiger partial charge in [-0.3, -0.25) is 4.57 Å². The third kappa shape index (κ3) is 3.33. The van der Waals surface area contributed by atoms with E-state index in [0.29, 0.717) is 0 Å². The quantitative estimate of drug-likeness (QED) is 0.259. The van der Waals surface area contributed by atoms with E-state index in [9.17, 15) is 0 Å². The smallest absolute Gasteiger partial charge is 0.149 e. The van der Waals surface area contributed by atoms with Crippen LogP contribution >= 0.6 is 0 Å². The lowest BCUT2D eigenvalue weighted by Crippen LogP contribution is -2.08. The van der Waals surface area contributed by atoms with Gasteiger partial charge >= 0.3 is 0 Å². The number of para-hydroxylation sites is 3. The summed E-state index contributed by atoms with van der Waals surface area (Å²) in [7, 11) is 0. The third-order valence-electron chi connectivity index (χ3n) is 6.80. The first-order valence-corrected chi connectivity index (χ1v) is 12.3. The molecule has 0 aliphatic carbocycles. The van der Waals surface area contributed by atoms with Crippen LogP contribution in [0.4, 0.5) is 0 Å². The van der Waals surface area contributed by atoms with Crippen molar-refractivity contribution in [2.45, 2.75) is 27.2 Å². The van der Waals surface area contributed by atoms with Crippen molar-refractivity contribution in [3.63, 3.8) is 0 Å². The molecule has 0 saturated carbocycles. The van der Waals surface area contributed by atoms with E-state index in [1.807, 2.05) is 30.5 Å². The van der Waals surface area contributed by atoms with Crippen LogP contribution < -0.4 is 0 Å². The minimum Gasteiger partial charge on any atom is -0.464 e. The molecule has 0 fully saturated rings. The maximum atomic E-state index is 6.20. The van der Waals surface area contributed by atoms with Crippen LogP contribution in [-0.2, 0) is 6.42 Å². The minimum atomic E-state index is 0.215. The second kappa shape index (κ2) is 7.59. The molecular formula is C32H26N2O2. The Morgan fingerprint density at radius 1 is 0.750 bits per heavy atom. The summed E-state index contributed by atoms with van der Waals surface area (Å²) in [5, 5.41) is 3.30. The predicted octanol–water partition coefficient (Wildman–Crippen LogP) is 8.93. The van der Waals surface area contributed by atoms with Gasteiger partial charge in [0, 0.05) is 22.2 Å². The Balaban J connectivity index is 1.44. The number of fused-ring (bicyclic) bond motifs is 5. The van der Waals surface area contributed by atoms with E-state index in [4.69, 9.17) is 13.8 Å². The lowest BCUT2D eigenvalue weighted by molar-refractivity contribution is 0.411. The molecule has 0 amide bonds. The van der Waals surface area contributed by atoms with E-state index >= 15 is 0 Å². The molecule has 0 N–H and O–H groups in total. The number of nitrogens with zero attached hydrogens (tertiary/aromatic N) is 2. The average molecular weight is 471 g/mol. The fourth-order valence-electron chi connectivity index (χ4n) is 5.29. The highest BCUT2D eigenvalue weighted by Crippen LogP contribution is 2.37. The second-order valence-corrected chi connectivity index (χ2v) is 10.8. The van der Waals surface area contributed by atoms with Crippen LogP contribution in [0.5, 0.6) is 0 Å². The van der Waals surface area contributed by atoms with Crippen molar-refractivity contribution >= 4 is 43.9 Å². The molecule has 0 bridgehead atoms. The Bertz CT molecular complexity index is 1910. The van der Waals surface area contributed by atoms with Crippen LogP contribution in [0.3, 0.4) is 0 Å². The molecule has 0 saturated heterocycles. The summed E-state index contributed by atoms with van der Waals surface area (Å²) in [6.45, 7) is 6.77. The highest BCUT2D eigenvalue weighted by molar-refractivity contribution is 6.05. The first kappa shape index (κ1) is 21.0. The largest absolute Gasteiger partial charge is 0.464 e. The molecule has 3 aromatic heterocycles. The zero-order valence-corrected chi connectivity index (χ0v) is 20.6. The van der Waals surface area contributed by atoms with E-state index < -0.39 is 0 Å². The summed E-state index contributed by atoms with van der Waals surface area (Å²) < 4.78 is 14.5. The fourth-order valence-corrected chi connectivity index (χ4v) is 5.29. The van der Waals surface area contributed by atoms with Crippen LogP contribution in [0.1, 0.15) is 26.3 Å². The van der Waals surface area contributed by atoms with Gasteiger partial charge in [0.25, 0.3) is 0 Å². The van der Waals surface area contributed by atoms with E-state index in [1.165, 1.54) is 5.56 Å².